The molecule has 1 saturated heterocycles. The maximum Gasteiger partial charge on any atom is 0.254 e. The van der Waals surface area contributed by atoms with E-state index in [9.17, 15) is 14.0 Å². The molecule has 0 spiro atoms. The Morgan fingerprint density at radius 1 is 1.23 bits per heavy atom. The van der Waals surface area contributed by atoms with Gasteiger partial charge in [-0.3, -0.25) is 14.5 Å². The highest BCUT2D eigenvalue weighted by Crippen LogP contribution is 2.30. The minimum Gasteiger partial charge on any atom is -0.323 e. The third kappa shape index (κ3) is 3.29. The Labute approximate surface area is 156 Å². The van der Waals surface area contributed by atoms with Crippen molar-refractivity contribution in [2.24, 2.45) is 0 Å². The van der Waals surface area contributed by atoms with Gasteiger partial charge in [0, 0.05) is 12.7 Å². The first-order valence-corrected chi connectivity index (χ1v) is 8.57. The lowest BCUT2D eigenvalue weighted by Crippen LogP contribution is -2.65. The van der Waals surface area contributed by atoms with Gasteiger partial charge in [-0.2, -0.15) is 0 Å². The van der Waals surface area contributed by atoms with Crippen molar-refractivity contribution >= 4 is 29.2 Å². The molecule has 0 atom stereocenters. The fourth-order valence-corrected chi connectivity index (χ4v) is 3.13. The molecule has 2 aromatic rings. The second-order valence-electron chi connectivity index (χ2n) is 6.87. The molecule has 3 rings (SSSR count). The molecule has 1 aliphatic heterocycles. The molecule has 1 aromatic heterocycles. The Kier molecular flexibility index (Phi) is 4.71. The number of pyridine rings is 1. The Balaban J connectivity index is 1.90. The number of carbonyl (C=O) groups is 2. The second-order valence-corrected chi connectivity index (χ2v) is 7.31. The fourth-order valence-electron chi connectivity index (χ4n) is 2.99. The predicted molar refractivity (Wildman–Crippen MR) is 97.4 cm³/mol. The number of halogens is 2. The van der Waals surface area contributed by atoms with E-state index < -0.39 is 17.3 Å². The number of anilines is 1. The summed E-state index contributed by atoms with van der Waals surface area (Å²) in [5.74, 6) is -1.58. The van der Waals surface area contributed by atoms with E-state index in [1.807, 2.05) is 31.2 Å². The Hall–Kier alpha value is -2.47. The van der Waals surface area contributed by atoms with E-state index in [4.69, 9.17) is 11.6 Å². The zero-order valence-electron chi connectivity index (χ0n) is 14.8. The molecule has 0 aliphatic carbocycles. The third-order valence-corrected chi connectivity index (χ3v) is 4.75. The van der Waals surface area contributed by atoms with Gasteiger partial charge in [-0.25, -0.2) is 9.37 Å². The molecular formula is C19H19ClFN3O2. The molecule has 0 unspecified atom stereocenters. The van der Waals surface area contributed by atoms with Crippen LogP contribution in [0, 0.1) is 12.7 Å². The van der Waals surface area contributed by atoms with Gasteiger partial charge in [0.25, 0.3) is 5.91 Å². The van der Waals surface area contributed by atoms with Crippen LogP contribution in [-0.4, -0.2) is 33.8 Å². The zero-order valence-corrected chi connectivity index (χ0v) is 15.5. The lowest BCUT2D eigenvalue weighted by atomic mass is 9.96. The molecule has 5 nitrogen and oxygen atoms in total. The van der Waals surface area contributed by atoms with Gasteiger partial charge in [-0.1, -0.05) is 41.4 Å². The van der Waals surface area contributed by atoms with Crippen LogP contribution in [0.15, 0.2) is 36.5 Å². The lowest BCUT2D eigenvalue weighted by molar-refractivity contribution is -0.149. The third-order valence-electron chi connectivity index (χ3n) is 4.54. The van der Waals surface area contributed by atoms with Crippen molar-refractivity contribution in [2.45, 2.75) is 32.9 Å². The molecule has 1 aromatic carbocycles. The Morgan fingerprint density at radius 2 is 1.88 bits per heavy atom. The van der Waals surface area contributed by atoms with Crippen molar-refractivity contribution in [1.29, 1.82) is 0 Å². The summed E-state index contributed by atoms with van der Waals surface area (Å²) in [6.45, 7) is 5.33. The normalized spacial score (nSPS) is 17.0. The first-order chi connectivity index (χ1) is 12.2. The van der Waals surface area contributed by atoms with Crippen LogP contribution in [0.5, 0.6) is 0 Å². The van der Waals surface area contributed by atoms with Gasteiger partial charge in [0.2, 0.25) is 5.91 Å². The summed E-state index contributed by atoms with van der Waals surface area (Å²) in [6, 6.07) is 8.84. The first kappa shape index (κ1) is 18.3. The minimum atomic E-state index is -1.13. The molecule has 0 N–H and O–H groups in total. The van der Waals surface area contributed by atoms with Crippen molar-refractivity contribution in [2.75, 3.05) is 11.4 Å². The number of carbonyl (C=O) groups excluding carboxylic acids is 2. The van der Waals surface area contributed by atoms with Crippen molar-refractivity contribution in [3.8, 4) is 0 Å². The van der Waals surface area contributed by atoms with Crippen LogP contribution in [0.1, 0.15) is 25.0 Å². The quantitative estimate of drug-likeness (QED) is 0.826. The Bertz CT molecular complexity index is 868. The van der Waals surface area contributed by atoms with Gasteiger partial charge < -0.3 is 4.90 Å². The molecule has 0 radical (unpaired) electrons. The van der Waals surface area contributed by atoms with Gasteiger partial charge in [0.1, 0.15) is 12.1 Å². The van der Waals surface area contributed by atoms with Crippen molar-refractivity contribution < 1.29 is 14.0 Å². The van der Waals surface area contributed by atoms with E-state index in [0.717, 1.165) is 22.1 Å². The highest BCUT2D eigenvalue weighted by atomic mass is 35.5. The molecule has 2 heterocycles. The summed E-state index contributed by atoms with van der Waals surface area (Å²) in [4.78, 5) is 32.2. The monoisotopic (exact) mass is 375 g/mol. The lowest BCUT2D eigenvalue weighted by Gasteiger charge is -2.45. The summed E-state index contributed by atoms with van der Waals surface area (Å²) in [6.07, 6.45) is 1.25. The van der Waals surface area contributed by atoms with E-state index in [0.29, 0.717) is 6.54 Å². The van der Waals surface area contributed by atoms with Gasteiger partial charge in [0.15, 0.2) is 11.6 Å². The molecule has 136 valence electrons. The van der Waals surface area contributed by atoms with E-state index in [2.05, 4.69) is 4.98 Å². The molecule has 7 heteroatoms. The first-order valence-electron chi connectivity index (χ1n) is 8.19. The van der Waals surface area contributed by atoms with Gasteiger partial charge in [-0.05, 0) is 32.4 Å². The average molecular weight is 376 g/mol. The highest BCUT2D eigenvalue weighted by molar-refractivity contribution is 6.30. The SMILES string of the molecule is Cc1ccc(CN2C(=O)CN(c3ncc(Cl)cc3F)C(=O)C2(C)C)cc1. The molecule has 2 amide bonds. The van der Waals surface area contributed by atoms with Crippen LogP contribution in [0.4, 0.5) is 10.2 Å². The molecule has 26 heavy (non-hydrogen) atoms. The highest BCUT2D eigenvalue weighted by Gasteiger charge is 2.47. The average Bonchev–Trinajstić information content (AvgIpc) is 2.57. The van der Waals surface area contributed by atoms with Gasteiger partial charge in [-0.15, -0.1) is 0 Å². The number of hydrogen-bond acceptors (Lipinski definition) is 3. The van der Waals surface area contributed by atoms with E-state index >= 15 is 0 Å². The van der Waals surface area contributed by atoms with Crippen molar-refractivity contribution in [3.05, 3.63) is 58.5 Å². The summed E-state index contributed by atoms with van der Waals surface area (Å²) in [5, 5.41) is 0.127. The largest absolute Gasteiger partial charge is 0.323 e. The summed E-state index contributed by atoms with van der Waals surface area (Å²) in [5.41, 5.74) is 0.909. The number of benzene rings is 1. The van der Waals surface area contributed by atoms with Crippen LogP contribution >= 0.6 is 11.6 Å². The molecule has 0 bridgehead atoms. The van der Waals surface area contributed by atoms with Crippen LogP contribution in [-0.2, 0) is 16.1 Å². The zero-order chi connectivity index (χ0) is 19.1. The number of aryl methyl sites for hydroxylation is 1. The number of rotatable bonds is 3. The van der Waals surface area contributed by atoms with E-state index in [1.54, 1.807) is 13.8 Å². The van der Waals surface area contributed by atoms with Gasteiger partial charge in [0.05, 0.1) is 5.02 Å². The van der Waals surface area contributed by atoms with Crippen LogP contribution in [0.25, 0.3) is 0 Å². The number of aromatic nitrogens is 1. The Morgan fingerprint density at radius 3 is 2.50 bits per heavy atom. The molecule has 1 fully saturated rings. The smallest absolute Gasteiger partial charge is 0.254 e. The van der Waals surface area contributed by atoms with Crippen molar-refractivity contribution in [3.63, 3.8) is 0 Å². The number of piperazine rings is 1. The summed E-state index contributed by atoms with van der Waals surface area (Å²) >= 11 is 5.72. The van der Waals surface area contributed by atoms with Crippen LogP contribution in [0.3, 0.4) is 0 Å². The van der Waals surface area contributed by atoms with E-state index in [-0.39, 0.29) is 23.3 Å². The van der Waals surface area contributed by atoms with Crippen molar-refractivity contribution in [1.82, 2.24) is 9.88 Å². The summed E-state index contributed by atoms with van der Waals surface area (Å²) in [7, 11) is 0. The van der Waals surface area contributed by atoms with Gasteiger partial charge >= 0.3 is 0 Å². The summed E-state index contributed by atoms with van der Waals surface area (Å²) < 4.78 is 14.2. The maximum atomic E-state index is 14.2. The molecule has 0 saturated carbocycles. The second kappa shape index (κ2) is 6.68. The van der Waals surface area contributed by atoms with E-state index in [1.165, 1.54) is 11.1 Å². The molecular weight excluding hydrogens is 357 g/mol. The fraction of sp³-hybridized carbons (Fsp3) is 0.316. The van der Waals surface area contributed by atoms with Crippen LogP contribution < -0.4 is 4.90 Å². The molecule has 1 aliphatic rings. The van der Waals surface area contributed by atoms with Crippen LogP contribution in [0.2, 0.25) is 5.02 Å². The topological polar surface area (TPSA) is 53.5 Å². The maximum absolute atomic E-state index is 14.2. The predicted octanol–water partition coefficient (Wildman–Crippen LogP) is 3.34. The standard InChI is InChI=1S/C19H19ClFN3O2/c1-12-4-6-13(7-5-12)10-24-16(25)11-23(18(26)19(24,2)3)17-15(21)8-14(20)9-22-17/h4-9H,10-11H2,1-3H3. The number of amides is 2. The number of nitrogens with zero attached hydrogens (tertiary/aromatic N) is 3. The number of hydrogen-bond donors (Lipinski definition) is 0. The minimum absolute atomic E-state index is 0.127.